The Bertz CT molecular complexity index is 1040. The zero-order valence-electron chi connectivity index (χ0n) is 21.8. The standard InChI is InChI=1S/C27H38O8P2/c1-5-7-21-30-36(28,31-22-8-6-2)34-27-19-17-25(18-20-27)14-12-13-23-32-37(29,33-24(3)4)35-26-15-10-9-11-16-26/h5,9-12,14-20,24H,1,6-8,13,21-23H2,2-4H3/b14-12+. The van der Waals surface area contributed by atoms with E-state index in [0.717, 1.165) is 18.4 Å². The molecule has 37 heavy (non-hydrogen) atoms. The lowest BCUT2D eigenvalue weighted by Crippen LogP contribution is -2.08. The topological polar surface area (TPSA) is 89.5 Å². The summed E-state index contributed by atoms with van der Waals surface area (Å²) in [4.78, 5) is 0. The van der Waals surface area contributed by atoms with E-state index < -0.39 is 15.6 Å². The summed E-state index contributed by atoms with van der Waals surface area (Å²) in [6, 6.07) is 15.8. The van der Waals surface area contributed by atoms with E-state index in [4.69, 9.17) is 27.1 Å². The Labute approximate surface area is 220 Å². The fourth-order valence-corrected chi connectivity index (χ4v) is 5.45. The summed E-state index contributed by atoms with van der Waals surface area (Å²) in [5.41, 5.74) is 0.892. The van der Waals surface area contributed by atoms with Crippen molar-refractivity contribution < 1.29 is 36.3 Å². The normalized spacial score (nSPS) is 14.8. The van der Waals surface area contributed by atoms with Crippen LogP contribution >= 0.6 is 15.6 Å². The summed E-state index contributed by atoms with van der Waals surface area (Å²) in [6.07, 6.45) is 7.80. The first kappa shape index (κ1) is 31.0. The fraction of sp³-hybridized carbons (Fsp3) is 0.407. The lowest BCUT2D eigenvalue weighted by molar-refractivity contribution is 0.127. The van der Waals surface area contributed by atoms with Crippen molar-refractivity contribution >= 4 is 21.7 Å². The average molecular weight is 553 g/mol. The van der Waals surface area contributed by atoms with Crippen LogP contribution in [-0.4, -0.2) is 25.9 Å². The van der Waals surface area contributed by atoms with Crippen LogP contribution < -0.4 is 9.05 Å². The van der Waals surface area contributed by atoms with Gasteiger partial charge in [0, 0.05) is 0 Å². The molecule has 8 nitrogen and oxygen atoms in total. The molecule has 0 aliphatic heterocycles. The number of hydrogen-bond acceptors (Lipinski definition) is 8. The van der Waals surface area contributed by atoms with Crippen molar-refractivity contribution in [3.05, 3.63) is 78.9 Å². The summed E-state index contributed by atoms with van der Waals surface area (Å²) in [7, 11) is -7.49. The van der Waals surface area contributed by atoms with Crippen molar-refractivity contribution in [1.29, 1.82) is 0 Å². The van der Waals surface area contributed by atoms with Crippen LogP contribution in [0.2, 0.25) is 0 Å². The van der Waals surface area contributed by atoms with E-state index in [1.54, 1.807) is 56.3 Å². The molecule has 0 heterocycles. The average Bonchev–Trinajstić information content (AvgIpc) is 2.85. The molecule has 0 fully saturated rings. The molecule has 0 amide bonds. The van der Waals surface area contributed by atoms with Gasteiger partial charge in [-0.05, 0) is 62.9 Å². The summed E-state index contributed by atoms with van der Waals surface area (Å²) in [6.45, 7) is 9.81. The Balaban J connectivity index is 1.89. The van der Waals surface area contributed by atoms with Crippen LogP contribution in [0.15, 0.2) is 73.3 Å². The molecule has 0 spiro atoms. The van der Waals surface area contributed by atoms with Crippen molar-refractivity contribution in [2.24, 2.45) is 0 Å². The first-order valence-corrected chi connectivity index (χ1v) is 15.3. The molecule has 0 N–H and O–H groups in total. The summed E-state index contributed by atoms with van der Waals surface area (Å²) < 4.78 is 58.8. The number of phosphoric acid groups is 2. The summed E-state index contributed by atoms with van der Waals surface area (Å²) >= 11 is 0. The van der Waals surface area contributed by atoms with Gasteiger partial charge in [-0.3, -0.25) is 18.1 Å². The van der Waals surface area contributed by atoms with Gasteiger partial charge in [-0.2, -0.15) is 0 Å². The highest BCUT2D eigenvalue weighted by molar-refractivity contribution is 7.49. The number of rotatable bonds is 19. The molecule has 204 valence electrons. The number of hydrogen-bond donors (Lipinski definition) is 0. The van der Waals surface area contributed by atoms with Crippen molar-refractivity contribution in [3.8, 4) is 11.5 Å². The smallest absolute Gasteiger partial charge is 0.404 e. The Morgan fingerprint density at radius 2 is 1.41 bits per heavy atom. The van der Waals surface area contributed by atoms with Gasteiger partial charge in [0.05, 0.1) is 25.9 Å². The first-order valence-electron chi connectivity index (χ1n) is 12.4. The third-order valence-electron chi connectivity index (χ3n) is 4.56. The minimum Gasteiger partial charge on any atom is -0.404 e. The zero-order chi connectivity index (χ0) is 27.0. The highest BCUT2D eigenvalue weighted by Crippen LogP contribution is 2.51. The van der Waals surface area contributed by atoms with Gasteiger partial charge in [0.25, 0.3) is 0 Å². The minimum atomic E-state index is -3.76. The Hall–Kier alpha value is -2.18. The predicted molar refractivity (Wildman–Crippen MR) is 147 cm³/mol. The lowest BCUT2D eigenvalue weighted by Gasteiger charge is -2.20. The molecule has 0 aliphatic carbocycles. The van der Waals surface area contributed by atoms with Crippen molar-refractivity contribution in [2.45, 2.75) is 52.6 Å². The van der Waals surface area contributed by atoms with E-state index in [9.17, 15) is 9.13 Å². The summed E-state index contributed by atoms with van der Waals surface area (Å²) in [5.74, 6) is 0.791. The molecule has 2 atom stereocenters. The van der Waals surface area contributed by atoms with Gasteiger partial charge in [-0.15, -0.1) is 6.58 Å². The molecular formula is C27H38O8P2. The maximum absolute atomic E-state index is 13.0. The van der Waals surface area contributed by atoms with Crippen LogP contribution in [0.1, 0.15) is 52.0 Å². The van der Waals surface area contributed by atoms with Crippen LogP contribution in [0.5, 0.6) is 11.5 Å². The fourth-order valence-electron chi connectivity index (χ4n) is 2.83. The van der Waals surface area contributed by atoms with Gasteiger partial charge in [-0.25, -0.2) is 9.13 Å². The van der Waals surface area contributed by atoms with Crippen LogP contribution in [0.3, 0.4) is 0 Å². The van der Waals surface area contributed by atoms with E-state index in [1.165, 1.54) is 0 Å². The molecule has 2 rings (SSSR count). The van der Waals surface area contributed by atoms with Crippen molar-refractivity contribution in [3.63, 3.8) is 0 Å². The van der Waals surface area contributed by atoms with Crippen molar-refractivity contribution in [1.82, 2.24) is 0 Å². The molecule has 10 heteroatoms. The molecule has 0 aliphatic rings. The summed E-state index contributed by atoms with van der Waals surface area (Å²) in [5, 5.41) is 0. The van der Waals surface area contributed by atoms with Gasteiger partial charge >= 0.3 is 15.6 Å². The van der Waals surface area contributed by atoms with Gasteiger partial charge in [-0.1, -0.05) is 61.9 Å². The second kappa shape index (κ2) is 16.6. The van der Waals surface area contributed by atoms with E-state index in [0.29, 0.717) is 24.3 Å². The van der Waals surface area contributed by atoms with E-state index in [1.807, 2.05) is 37.3 Å². The highest BCUT2D eigenvalue weighted by Gasteiger charge is 2.30. The number of benzene rings is 2. The van der Waals surface area contributed by atoms with Crippen LogP contribution in [-0.2, 0) is 27.2 Å². The van der Waals surface area contributed by atoms with Gasteiger partial charge in [0.1, 0.15) is 11.5 Å². The second-order valence-electron chi connectivity index (χ2n) is 8.23. The van der Waals surface area contributed by atoms with E-state index >= 15 is 0 Å². The lowest BCUT2D eigenvalue weighted by atomic mass is 10.2. The highest BCUT2D eigenvalue weighted by atomic mass is 31.2. The van der Waals surface area contributed by atoms with Crippen molar-refractivity contribution in [2.75, 3.05) is 19.8 Å². The maximum atomic E-state index is 13.0. The minimum absolute atomic E-state index is 0.148. The molecule has 2 aromatic carbocycles. The predicted octanol–water partition coefficient (Wildman–Crippen LogP) is 8.61. The molecule has 0 radical (unpaired) electrons. The quantitative estimate of drug-likeness (QED) is 0.0972. The van der Waals surface area contributed by atoms with Gasteiger partial charge in [0.15, 0.2) is 0 Å². The third-order valence-corrected chi connectivity index (χ3v) is 7.61. The monoisotopic (exact) mass is 552 g/mol. The molecule has 0 aromatic heterocycles. The number of phosphoric ester groups is 2. The van der Waals surface area contributed by atoms with Crippen LogP contribution in [0.25, 0.3) is 6.08 Å². The molecular weight excluding hydrogens is 514 g/mol. The van der Waals surface area contributed by atoms with Gasteiger partial charge in [0.2, 0.25) is 0 Å². The van der Waals surface area contributed by atoms with Crippen LogP contribution in [0, 0.1) is 0 Å². The SMILES string of the molecule is C=CCCOP(=O)(OCCCC)Oc1ccc(/C=C/CCOP(=O)(Oc2ccccc2)OC(C)C)cc1. The number of unbranched alkanes of at least 4 members (excludes halogenated alkanes) is 1. The zero-order valence-corrected chi connectivity index (χ0v) is 23.6. The Morgan fingerprint density at radius 3 is 2.05 bits per heavy atom. The molecule has 2 aromatic rings. The van der Waals surface area contributed by atoms with E-state index in [2.05, 4.69) is 6.58 Å². The Kier molecular flexibility index (Phi) is 13.9. The molecule has 0 saturated heterocycles. The molecule has 0 bridgehead atoms. The Morgan fingerprint density at radius 1 is 0.811 bits per heavy atom. The largest absolute Gasteiger partial charge is 0.530 e. The second-order valence-corrected chi connectivity index (χ2v) is 11.4. The van der Waals surface area contributed by atoms with Crippen LogP contribution in [0.4, 0.5) is 0 Å². The number of para-hydroxylation sites is 1. The first-order chi connectivity index (χ1) is 17.8. The third kappa shape index (κ3) is 12.8. The maximum Gasteiger partial charge on any atom is 0.530 e. The molecule has 2 unspecified atom stereocenters. The van der Waals surface area contributed by atoms with Gasteiger partial charge < -0.3 is 9.05 Å². The van der Waals surface area contributed by atoms with E-state index in [-0.39, 0.29) is 25.9 Å². The molecule has 0 saturated carbocycles.